The standard InChI is InChI=1S/C66H94N6O14S2/c1-38(46-17-18-47-45-16-14-42-34-43(73)21-24-65(42,7)48(45)22-25-66(46,47)8)13-20-54(75)68-50(61(79)80)12-10-11-26-67-53(74)23-30-84-32-33-85-31-29-72(28-27-71(9)55(76)36-64(5,6)56-41(4)57(77)39(2)40(3)58(56)78)63(83)86-44-15-19-49-52(35-44)88-60(69-49)59-70-51(37-87-59)62(81)82/h15,19,35,38,42-43,45-48,50-51,73,77-78H,3-4,10-14,16-18,20-34,36-37H2,1-2,5-9H3,(H,67,74)(H,68,75)(H,79,80)(H,81,82)/t38-,42-,43-,45+,46-,47+,48+,50?,51?,65+,66-/m1/s1. The number of carbonyl (C=O) groups excluding carboxylic acids is 4. The number of nitrogens with zero attached hydrogens (tertiary/aromatic N) is 4. The largest absolute Gasteiger partial charge is 0.507 e. The van der Waals surface area contributed by atoms with Crippen molar-refractivity contribution in [3.05, 3.63) is 44.8 Å². The van der Waals surface area contributed by atoms with Crippen LogP contribution >= 0.6 is 23.1 Å². The van der Waals surface area contributed by atoms with Crippen molar-refractivity contribution in [3.63, 3.8) is 0 Å². The molecule has 4 aliphatic carbocycles. The summed E-state index contributed by atoms with van der Waals surface area (Å²) in [5.41, 5.74) is 0.974. The minimum Gasteiger partial charge on any atom is -0.507 e. The number of aliphatic hydroxyl groups is 1. The van der Waals surface area contributed by atoms with E-state index in [-0.39, 0.29) is 122 Å². The lowest BCUT2D eigenvalue weighted by Crippen LogP contribution is -2.54. The number of aromatic hydroxyl groups is 2. The van der Waals surface area contributed by atoms with Crippen LogP contribution in [-0.4, -0.2) is 165 Å². The molecule has 20 nitrogen and oxygen atoms in total. The van der Waals surface area contributed by atoms with Gasteiger partial charge in [0, 0.05) is 91.3 Å². The number of fused-ring (bicyclic) bond motifs is 6. The fraction of sp³-hybridized carbons (Fsp3) is 0.667. The van der Waals surface area contributed by atoms with E-state index in [0.717, 1.165) is 37.5 Å². The van der Waals surface area contributed by atoms with Gasteiger partial charge in [-0.3, -0.25) is 19.4 Å². The zero-order chi connectivity index (χ0) is 63.8. The van der Waals surface area contributed by atoms with Crippen LogP contribution in [0.4, 0.5) is 4.79 Å². The first-order valence-corrected chi connectivity index (χ1v) is 33.4. The number of phenols is 2. The maximum Gasteiger partial charge on any atom is 0.415 e. The third kappa shape index (κ3) is 15.8. The van der Waals surface area contributed by atoms with Crippen LogP contribution in [0.1, 0.15) is 153 Å². The van der Waals surface area contributed by atoms with E-state index in [1.807, 2.05) is 0 Å². The van der Waals surface area contributed by atoms with Gasteiger partial charge in [-0.2, -0.15) is 0 Å². The number of hydrogen-bond donors (Lipinski definition) is 7. The van der Waals surface area contributed by atoms with Gasteiger partial charge in [-0.15, -0.1) is 23.1 Å². The topological polar surface area (TPSA) is 287 Å². The average molecular weight is 1260 g/mol. The quantitative estimate of drug-likeness (QED) is 0.0255. The minimum atomic E-state index is -1.07. The van der Waals surface area contributed by atoms with Crippen molar-refractivity contribution < 1.29 is 68.5 Å². The first kappa shape index (κ1) is 68.1. The summed E-state index contributed by atoms with van der Waals surface area (Å²) in [5.74, 6) is 1.22. The van der Waals surface area contributed by atoms with E-state index in [0.29, 0.717) is 92.0 Å². The molecule has 22 heteroatoms. The third-order valence-electron chi connectivity index (χ3n) is 20.7. The summed E-state index contributed by atoms with van der Waals surface area (Å²) in [6.45, 7) is 21.5. The Morgan fingerprint density at radius 2 is 1.58 bits per heavy atom. The van der Waals surface area contributed by atoms with E-state index in [2.05, 4.69) is 54.5 Å². The van der Waals surface area contributed by atoms with Crippen LogP contribution in [0, 0.1) is 53.3 Å². The van der Waals surface area contributed by atoms with E-state index in [4.69, 9.17) is 14.2 Å². The molecule has 0 bridgehead atoms. The van der Waals surface area contributed by atoms with E-state index in [9.17, 15) is 54.3 Å². The number of likely N-dealkylation sites (N-methyl/N-ethyl adjacent to an activating group) is 1. The molecule has 4 saturated carbocycles. The summed E-state index contributed by atoms with van der Waals surface area (Å²) in [7, 11) is 1.60. The summed E-state index contributed by atoms with van der Waals surface area (Å²) in [5, 5.41) is 58.8. The Morgan fingerprint density at radius 3 is 2.31 bits per heavy atom. The number of benzene rings is 2. The van der Waals surface area contributed by atoms with Crippen molar-refractivity contribution in [3.8, 4) is 17.2 Å². The molecule has 4 fully saturated rings. The number of aromatic nitrogens is 1. The lowest BCUT2D eigenvalue weighted by atomic mass is 9.44. The highest BCUT2D eigenvalue weighted by atomic mass is 32.2. The van der Waals surface area contributed by atoms with Gasteiger partial charge in [-0.1, -0.05) is 47.8 Å². The maximum absolute atomic E-state index is 13.9. The fourth-order valence-corrected chi connectivity index (χ4v) is 17.7. The van der Waals surface area contributed by atoms with Crippen LogP contribution in [0.5, 0.6) is 17.2 Å². The monoisotopic (exact) mass is 1260 g/mol. The predicted molar refractivity (Wildman–Crippen MR) is 340 cm³/mol. The van der Waals surface area contributed by atoms with Crippen molar-refractivity contribution >= 4 is 87.3 Å². The number of hydrogen-bond acceptors (Lipinski definition) is 16. The lowest BCUT2D eigenvalue weighted by molar-refractivity contribution is -0.142. The van der Waals surface area contributed by atoms with Gasteiger partial charge in [-0.05, 0) is 149 Å². The van der Waals surface area contributed by atoms with Crippen LogP contribution in [0.15, 0.2) is 23.2 Å². The van der Waals surface area contributed by atoms with Crippen molar-refractivity contribution in [2.24, 2.45) is 51.3 Å². The third-order valence-corrected chi connectivity index (χ3v) is 22.9. The van der Waals surface area contributed by atoms with E-state index >= 15 is 0 Å². The van der Waals surface area contributed by atoms with Crippen LogP contribution in [-0.2, 0) is 38.9 Å². The number of thioether (sulfide) groups is 1. The molecule has 7 N–H and O–H groups in total. The highest BCUT2D eigenvalue weighted by Gasteiger charge is 2.60. The number of carbonyl (C=O) groups is 6. The second-order valence-corrected chi connectivity index (χ2v) is 28.8. The van der Waals surface area contributed by atoms with Crippen LogP contribution in [0.2, 0.25) is 0 Å². The highest BCUT2D eigenvalue weighted by Crippen LogP contribution is 2.68. The number of carboxylic acids is 2. The molecule has 2 unspecified atom stereocenters. The van der Waals surface area contributed by atoms with Gasteiger partial charge in [0.05, 0.1) is 42.7 Å². The van der Waals surface area contributed by atoms with E-state index in [1.165, 1.54) is 71.4 Å². The van der Waals surface area contributed by atoms with Crippen molar-refractivity contribution in [2.75, 3.05) is 65.4 Å². The Hall–Kier alpha value is -5.81. The Bertz CT molecular complexity index is 3170. The van der Waals surface area contributed by atoms with E-state index in [1.54, 1.807) is 46.0 Å². The van der Waals surface area contributed by atoms with Gasteiger partial charge in [0.2, 0.25) is 17.7 Å². The SMILES string of the molecule is C=c1c(C)c(O)c(=C)c(C(C)(C)CC(=O)N(C)CCN(CCOCCOCCC(=O)NCCCCC(NC(=O)CC[C@@H](C)[C@H]2CC[C@H]3[C@@H]4CC[C@@H]5C[C@H](O)CC[C@]5(C)[C@H]4CC[C@]23C)C(=O)O)C(=O)Oc2ccc3nc(C4=NC(C(=O)O)CS4)sc3c2)c1O. The molecule has 0 saturated heterocycles. The molecule has 8 rings (SSSR count). The van der Waals surface area contributed by atoms with Gasteiger partial charge in [0.1, 0.15) is 33.3 Å². The maximum atomic E-state index is 13.9. The summed E-state index contributed by atoms with van der Waals surface area (Å²) in [6, 6.07) is 3.13. The number of aliphatic imine (C=N–C) groups is 1. The lowest BCUT2D eigenvalue weighted by Gasteiger charge is -2.61. The molecule has 2 heterocycles. The highest BCUT2D eigenvalue weighted by molar-refractivity contribution is 8.15. The second kappa shape index (κ2) is 29.4. The Kier molecular flexibility index (Phi) is 22.8. The van der Waals surface area contributed by atoms with Crippen molar-refractivity contribution in [1.82, 2.24) is 25.4 Å². The Labute approximate surface area is 525 Å². The average Bonchev–Trinajstić information content (AvgIpc) is 1.42. The Balaban J connectivity index is 0.730. The molecular formula is C66H94N6O14S2. The molecule has 4 amide bonds. The molecular weight excluding hydrogens is 1160 g/mol. The van der Waals surface area contributed by atoms with Crippen LogP contribution in [0.25, 0.3) is 23.4 Å². The molecule has 0 radical (unpaired) electrons. The summed E-state index contributed by atoms with van der Waals surface area (Å²) >= 11 is 2.62. The van der Waals surface area contributed by atoms with Gasteiger partial charge in [0.15, 0.2) is 6.04 Å². The number of aliphatic carboxylic acids is 2. The van der Waals surface area contributed by atoms with E-state index < -0.39 is 35.5 Å². The normalized spacial score (nSPS) is 25.6. The Morgan fingerprint density at radius 1 is 0.852 bits per heavy atom. The molecule has 5 aliphatic rings. The summed E-state index contributed by atoms with van der Waals surface area (Å²) < 4.78 is 18.0. The zero-order valence-electron chi connectivity index (χ0n) is 52.5. The van der Waals surface area contributed by atoms with Crippen LogP contribution < -0.4 is 25.8 Å². The van der Waals surface area contributed by atoms with Crippen molar-refractivity contribution in [1.29, 1.82) is 0 Å². The van der Waals surface area contributed by atoms with Gasteiger partial charge < -0.3 is 60.2 Å². The molecule has 11 atom stereocenters. The van der Waals surface area contributed by atoms with Gasteiger partial charge in [0.25, 0.3) is 0 Å². The van der Waals surface area contributed by atoms with Crippen molar-refractivity contribution in [2.45, 2.75) is 168 Å². The number of carboxylic acid groups (broad SMARTS) is 2. The molecule has 0 spiro atoms. The molecule has 1 aromatic heterocycles. The van der Waals surface area contributed by atoms with Crippen LogP contribution in [0.3, 0.4) is 0 Å². The predicted octanol–water partition coefficient (Wildman–Crippen LogP) is 8.13. The van der Waals surface area contributed by atoms with Gasteiger partial charge >= 0.3 is 18.0 Å². The molecule has 2 aromatic carbocycles. The molecule has 484 valence electrons. The number of rotatable bonds is 29. The molecule has 3 aromatic rings. The smallest absolute Gasteiger partial charge is 0.415 e. The number of aliphatic hydroxyl groups excluding tert-OH is 1. The number of unbranched alkanes of at least 4 members (excludes halogenated alkanes) is 1. The number of ether oxygens (including phenoxy) is 3. The summed E-state index contributed by atoms with van der Waals surface area (Å²) in [4.78, 5) is 88.9. The zero-order valence-corrected chi connectivity index (χ0v) is 54.2. The first-order chi connectivity index (χ1) is 41.7. The number of nitrogens with one attached hydrogen (secondary N) is 2. The van der Waals surface area contributed by atoms with Gasteiger partial charge in [-0.25, -0.2) is 19.4 Å². The number of amides is 4. The first-order valence-electron chi connectivity index (χ1n) is 31.6. The molecule has 1 aliphatic heterocycles. The second-order valence-electron chi connectivity index (χ2n) is 26.7. The fourth-order valence-electron chi connectivity index (χ4n) is 15.6. The number of thiazole rings is 1. The molecule has 88 heavy (non-hydrogen) atoms. The number of phenolic OH excluding ortho intramolecular Hbond substituents is 2. The summed E-state index contributed by atoms with van der Waals surface area (Å²) in [6.07, 6.45) is 12.0. The minimum absolute atomic E-state index is 0.0534.